The Morgan fingerprint density at radius 2 is 1.68 bits per heavy atom. The van der Waals surface area contributed by atoms with E-state index in [-0.39, 0.29) is 11.9 Å². The minimum atomic E-state index is -0.219. The molecule has 0 saturated carbocycles. The number of ether oxygens (including phenoxy) is 1. The van der Waals surface area contributed by atoms with Crippen molar-refractivity contribution in [3.63, 3.8) is 0 Å². The van der Waals surface area contributed by atoms with Gasteiger partial charge in [0, 0.05) is 5.69 Å². The normalized spacial score (nSPS) is 11.9. The first-order chi connectivity index (χ1) is 9.22. The zero-order chi connectivity index (χ0) is 13.7. The highest BCUT2D eigenvalue weighted by molar-refractivity contribution is 5.45. The topological polar surface area (TPSA) is 21.3 Å². The van der Waals surface area contributed by atoms with E-state index in [4.69, 9.17) is 4.74 Å². The monoisotopic (exact) mass is 259 g/mol. The molecule has 0 aromatic heterocycles. The van der Waals surface area contributed by atoms with E-state index >= 15 is 0 Å². The minimum absolute atomic E-state index is 0.205. The molecular formula is C16H18FNO. The van der Waals surface area contributed by atoms with Gasteiger partial charge in [-0.25, -0.2) is 4.39 Å². The number of rotatable bonds is 5. The van der Waals surface area contributed by atoms with Gasteiger partial charge >= 0.3 is 0 Å². The van der Waals surface area contributed by atoms with Crippen LogP contribution in [0, 0.1) is 5.82 Å². The summed E-state index contributed by atoms with van der Waals surface area (Å²) in [5, 5.41) is 3.40. The Kier molecular flexibility index (Phi) is 4.39. The lowest BCUT2D eigenvalue weighted by atomic mass is 10.0. The van der Waals surface area contributed by atoms with Crippen LogP contribution in [0.5, 0.6) is 5.75 Å². The van der Waals surface area contributed by atoms with Gasteiger partial charge in [0.2, 0.25) is 0 Å². The van der Waals surface area contributed by atoms with E-state index in [9.17, 15) is 4.39 Å². The van der Waals surface area contributed by atoms with E-state index in [1.807, 2.05) is 24.3 Å². The standard InChI is InChI=1S/C16H18FNO/c1-3-16(12-4-10-15(19-2)11-5-12)18-14-8-6-13(17)7-9-14/h4-11,16,18H,3H2,1-2H3. The summed E-state index contributed by atoms with van der Waals surface area (Å²) in [5.74, 6) is 0.628. The molecule has 0 radical (unpaired) electrons. The quantitative estimate of drug-likeness (QED) is 0.859. The van der Waals surface area contributed by atoms with Gasteiger partial charge in [-0.05, 0) is 48.4 Å². The fourth-order valence-corrected chi connectivity index (χ4v) is 2.00. The molecular weight excluding hydrogens is 241 g/mol. The van der Waals surface area contributed by atoms with E-state index in [1.54, 1.807) is 19.2 Å². The van der Waals surface area contributed by atoms with Crippen molar-refractivity contribution in [1.29, 1.82) is 0 Å². The zero-order valence-electron chi connectivity index (χ0n) is 11.2. The molecule has 3 heteroatoms. The van der Waals surface area contributed by atoms with Gasteiger partial charge < -0.3 is 10.1 Å². The molecule has 1 unspecified atom stereocenters. The van der Waals surface area contributed by atoms with E-state index in [2.05, 4.69) is 12.2 Å². The SMILES string of the molecule is CCC(Nc1ccc(F)cc1)c1ccc(OC)cc1. The fourth-order valence-electron chi connectivity index (χ4n) is 2.00. The maximum Gasteiger partial charge on any atom is 0.123 e. The third kappa shape index (κ3) is 3.47. The average Bonchev–Trinajstić information content (AvgIpc) is 2.47. The van der Waals surface area contributed by atoms with Crippen LogP contribution >= 0.6 is 0 Å². The van der Waals surface area contributed by atoms with Gasteiger partial charge in [0.15, 0.2) is 0 Å². The van der Waals surface area contributed by atoms with Crippen molar-refractivity contribution in [3.8, 4) is 5.75 Å². The highest BCUT2D eigenvalue weighted by atomic mass is 19.1. The Labute approximate surface area is 113 Å². The van der Waals surface area contributed by atoms with Crippen LogP contribution in [0.25, 0.3) is 0 Å². The molecule has 2 aromatic carbocycles. The second kappa shape index (κ2) is 6.23. The summed E-state index contributed by atoms with van der Waals surface area (Å²) < 4.78 is 18.0. The third-order valence-electron chi connectivity index (χ3n) is 3.11. The summed E-state index contributed by atoms with van der Waals surface area (Å²) in [4.78, 5) is 0. The van der Waals surface area contributed by atoms with Crippen molar-refractivity contribution >= 4 is 5.69 Å². The van der Waals surface area contributed by atoms with Crippen LogP contribution in [-0.4, -0.2) is 7.11 Å². The molecule has 2 rings (SSSR count). The summed E-state index contributed by atoms with van der Waals surface area (Å²) in [7, 11) is 1.66. The molecule has 1 atom stereocenters. The summed E-state index contributed by atoms with van der Waals surface area (Å²) >= 11 is 0. The number of anilines is 1. The van der Waals surface area contributed by atoms with Crippen LogP contribution in [0.3, 0.4) is 0 Å². The maximum atomic E-state index is 12.9. The van der Waals surface area contributed by atoms with Crippen LogP contribution in [-0.2, 0) is 0 Å². The molecule has 2 nitrogen and oxygen atoms in total. The molecule has 0 aliphatic carbocycles. The first-order valence-electron chi connectivity index (χ1n) is 6.39. The first-order valence-corrected chi connectivity index (χ1v) is 6.39. The maximum absolute atomic E-state index is 12.9. The number of methoxy groups -OCH3 is 1. The van der Waals surface area contributed by atoms with Crippen LogP contribution in [0.4, 0.5) is 10.1 Å². The van der Waals surface area contributed by atoms with Gasteiger partial charge in [0.05, 0.1) is 13.2 Å². The molecule has 0 heterocycles. The lowest BCUT2D eigenvalue weighted by molar-refractivity contribution is 0.414. The van der Waals surface area contributed by atoms with Gasteiger partial charge in [0.1, 0.15) is 11.6 Å². The van der Waals surface area contributed by atoms with Gasteiger partial charge in [-0.3, -0.25) is 0 Å². The lowest BCUT2D eigenvalue weighted by Crippen LogP contribution is -2.09. The minimum Gasteiger partial charge on any atom is -0.497 e. The molecule has 0 aliphatic rings. The molecule has 1 N–H and O–H groups in total. The van der Waals surface area contributed by atoms with Gasteiger partial charge in [-0.15, -0.1) is 0 Å². The van der Waals surface area contributed by atoms with E-state index in [0.717, 1.165) is 17.9 Å². The van der Waals surface area contributed by atoms with Crippen molar-refractivity contribution in [2.45, 2.75) is 19.4 Å². The second-order valence-corrected chi connectivity index (χ2v) is 4.39. The molecule has 19 heavy (non-hydrogen) atoms. The van der Waals surface area contributed by atoms with Gasteiger partial charge in [-0.2, -0.15) is 0 Å². The second-order valence-electron chi connectivity index (χ2n) is 4.39. The average molecular weight is 259 g/mol. The number of hydrogen-bond acceptors (Lipinski definition) is 2. The Hall–Kier alpha value is -2.03. The summed E-state index contributed by atoms with van der Waals surface area (Å²) in [6.07, 6.45) is 0.948. The van der Waals surface area contributed by atoms with E-state index < -0.39 is 0 Å². The molecule has 0 fully saturated rings. The number of halogens is 1. The molecule has 100 valence electrons. The predicted molar refractivity (Wildman–Crippen MR) is 76.0 cm³/mol. The molecule has 2 aromatic rings. The number of nitrogens with one attached hydrogen (secondary N) is 1. The molecule has 0 aliphatic heterocycles. The van der Waals surface area contributed by atoms with Crippen molar-refractivity contribution < 1.29 is 9.13 Å². The van der Waals surface area contributed by atoms with Crippen molar-refractivity contribution in [1.82, 2.24) is 0 Å². The highest BCUT2D eigenvalue weighted by Crippen LogP contribution is 2.24. The van der Waals surface area contributed by atoms with Crippen LogP contribution in [0.1, 0.15) is 24.9 Å². The van der Waals surface area contributed by atoms with Crippen LogP contribution in [0.15, 0.2) is 48.5 Å². The van der Waals surface area contributed by atoms with E-state index in [1.165, 1.54) is 17.7 Å². The predicted octanol–water partition coefficient (Wildman–Crippen LogP) is 4.40. The zero-order valence-corrected chi connectivity index (χ0v) is 11.2. The number of benzene rings is 2. The number of hydrogen-bond donors (Lipinski definition) is 1. The Morgan fingerprint density at radius 3 is 2.21 bits per heavy atom. The lowest BCUT2D eigenvalue weighted by Gasteiger charge is -2.19. The molecule has 0 spiro atoms. The Morgan fingerprint density at radius 1 is 1.05 bits per heavy atom. The fraction of sp³-hybridized carbons (Fsp3) is 0.250. The Bertz CT molecular complexity index is 507. The Balaban J connectivity index is 2.12. The van der Waals surface area contributed by atoms with E-state index in [0.29, 0.717) is 0 Å². The van der Waals surface area contributed by atoms with Crippen molar-refractivity contribution in [2.75, 3.05) is 12.4 Å². The molecule has 0 bridgehead atoms. The third-order valence-corrected chi connectivity index (χ3v) is 3.11. The molecule has 0 amide bonds. The summed E-state index contributed by atoms with van der Waals surface area (Å²) in [6.45, 7) is 2.12. The molecule has 0 saturated heterocycles. The van der Waals surface area contributed by atoms with Crippen LogP contribution < -0.4 is 10.1 Å². The summed E-state index contributed by atoms with van der Waals surface area (Å²) in [6, 6.07) is 14.6. The first kappa shape index (κ1) is 13.4. The van der Waals surface area contributed by atoms with Gasteiger partial charge in [-0.1, -0.05) is 19.1 Å². The largest absolute Gasteiger partial charge is 0.497 e. The van der Waals surface area contributed by atoms with Crippen LogP contribution in [0.2, 0.25) is 0 Å². The van der Waals surface area contributed by atoms with Gasteiger partial charge in [0.25, 0.3) is 0 Å². The highest BCUT2D eigenvalue weighted by Gasteiger charge is 2.09. The summed E-state index contributed by atoms with van der Waals surface area (Å²) in [5.41, 5.74) is 2.11. The van der Waals surface area contributed by atoms with Crippen molar-refractivity contribution in [2.24, 2.45) is 0 Å². The van der Waals surface area contributed by atoms with Crippen molar-refractivity contribution in [3.05, 3.63) is 59.9 Å². The smallest absolute Gasteiger partial charge is 0.123 e.